The van der Waals surface area contributed by atoms with Gasteiger partial charge in [0.2, 0.25) is 11.8 Å². The summed E-state index contributed by atoms with van der Waals surface area (Å²) in [5.74, 6) is -0.389. The van der Waals surface area contributed by atoms with Gasteiger partial charge in [0.15, 0.2) is 0 Å². The van der Waals surface area contributed by atoms with E-state index < -0.39 is 6.04 Å². The number of rotatable bonds is 5. The lowest BCUT2D eigenvalue weighted by Crippen LogP contribution is -2.29. The standard InChI is InChI=1S/C17H21ClN4O2/c1-10-17(11(2)22(4)21-10)20-16(24)9-15(19-12(3)23)13-5-7-14(18)8-6-13/h5-8,15H,9H2,1-4H3,(H,19,23)(H,20,24). The lowest BCUT2D eigenvalue weighted by Gasteiger charge is -2.18. The third kappa shape index (κ3) is 4.35. The van der Waals surface area contributed by atoms with Crippen LogP contribution in [0, 0.1) is 13.8 Å². The lowest BCUT2D eigenvalue weighted by atomic mass is 10.0. The number of halogens is 1. The minimum atomic E-state index is -0.419. The van der Waals surface area contributed by atoms with E-state index in [1.165, 1.54) is 6.92 Å². The van der Waals surface area contributed by atoms with E-state index in [1.54, 1.807) is 28.9 Å². The highest BCUT2D eigenvalue weighted by atomic mass is 35.5. The number of aromatic nitrogens is 2. The van der Waals surface area contributed by atoms with E-state index in [4.69, 9.17) is 11.6 Å². The van der Waals surface area contributed by atoms with E-state index in [9.17, 15) is 9.59 Å². The molecule has 0 radical (unpaired) electrons. The molecule has 1 aromatic carbocycles. The van der Waals surface area contributed by atoms with Crippen molar-refractivity contribution in [3.63, 3.8) is 0 Å². The molecule has 128 valence electrons. The van der Waals surface area contributed by atoms with Crippen LogP contribution in [0.15, 0.2) is 24.3 Å². The zero-order chi connectivity index (χ0) is 17.9. The van der Waals surface area contributed by atoms with E-state index in [1.807, 2.05) is 20.9 Å². The monoisotopic (exact) mass is 348 g/mol. The lowest BCUT2D eigenvalue weighted by molar-refractivity contribution is -0.120. The predicted octanol–water partition coefficient (Wildman–Crippen LogP) is 2.90. The van der Waals surface area contributed by atoms with Gasteiger partial charge in [0.25, 0.3) is 0 Å². The van der Waals surface area contributed by atoms with Gasteiger partial charge in [-0.1, -0.05) is 23.7 Å². The first-order chi connectivity index (χ1) is 11.3. The summed E-state index contributed by atoms with van der Waals surface area (Å²) in [7, 11) is 1.83. The van der Waals surface area contributed by atoms with Crippen LogP contribution < -0.4 is 10.6 Å². The number of anilines is 1. The maximum absolute atomic E-state index is 12.4. The molecule has 24 heavy (non-hydrogen) atoms. The fourth-order valence-corrected chi connectivity index (χ4v) is 2.65. The van der Waals surface area contributed by atoms with Gasteiger partial charge in [0, 0.05) is 19.0 Å². The Hall–Kier alpha value is -2.34. The van der Waals surface area contributed by atoms with Crippen LogP contribution in [0.25, 0.3) is 0 Å². The number of hydrogen-bond acceptors (Lipinski definition) is 3. The highest BCUT2D eigenvalue weighted by Gasteiger charge is 2.19. The summed E-state index contributed by atoms with van der Waals surface area (Å²) in [6.45, 7) is 5.16. The number of carbonyl (C=O) groups is 2. The normalized spacial score (nSPS) is 11.9. The smallest absolute Gasteiger partial charge is 0.226 e. The molecule has 0 fully saturated rings. The van der Waals surface area contributed by atoms with Crippen LogP contribution in [-0.4, -0.2) is 21.6 Å². The van der Waals surface area contributed by atoms with Crippen molar-refractivity contribution in [1.82, 2.24) is 15.1 Å². The Labute approximate surface area is 146 Å². The maximum Gasteiger partial charge on any atom is 0.226 e. The van der Waals surface area contributed by atoms with Gasteiger partial charge in [-0.15, -0.1) is 0 Å². The van der Waals surface area contributed by atoms with Gasteiger partial charge in [0.05, 0.1) is 29.5 Å². The van der Waals surface area contributed by atoms with Crippen LogP contribution in [0.3, 0.4) is 0 Å². The second kappa shape index (κ2) is 7.49. The Kier molecular flexibility index (Phi) is 5.62. The summed E-state index contributed by atoms with van der Waals surface area (Å²) >= 11 is 5.90. The zero-order valence-corrected chi connectivity index (χ0v) is 14.9. The van der Waals surface area contributed by atoms with E-state index >= 15 is 0 Å². The predicted molar refractivity (Wildman–Crippen MR) is 93.9 cm³/mol. The molecule has 0 aliphatic carbocycles. The second-order valence-electron chi connectivity index (χ2n) is 5.73. The molecular weight excluding hydrogens is 328 g/mol. The van der Waals surface area contributed by atoms with Crippen LogP contribution in [0.2, 0.25) is 5.02 Å². The van der Waals surface area contributed by atoms with Crippen molar-refractivity contribution in [1.29, 1.82) is 0 Å². The Balaban J connectivity index is 2.15. The molecule has 2 N–H and O–H groups in total. The minimum Gasteiger partial charge on any atom is -0.349 e. The Morgan fingerprint density at radius 1 is 1.25 bits per heavy atom. The molecule has 0 spiro atoms. The summed E-state index contributed by atoms with van der Waals surface area (Å²) in [6, 6.07) is 6.66. The number of hydrogen-bond donors (Lipinski definition) is 2. The van der Waals surface area contributed by atoms with Crippen LogP contribution >= 0.6 is 11.6 Å². The molecule has 2 rings (SSSR count). The van der Waals surface area contributed by atoms with Crippen molar-refractivity contribution in [3.05, 3.63) is 46.2 Å². The molecule has 0 bridgehead atoms. The third-order valence-electron chi connectivity index (χ3n) is 3.81. The average molecular weight is 349 g/mol. The zero-order valence-electron chi connectivity index (χ0n) is 14.2. The summed E-state index contributed by atoms with van der Waals surface area (Å²) in [5.41, 5.74) is 3.17. The topological polar surface area (TPSA) is 76.0 Å². The molecule has 0 saturated heterocycles. The van der Waals surface area contributed by atoms with Crippen molar-refractivity contribution < 1.29 is 9.59 Å². The third-order valence-corrected chi connectivity index (χ3v) is 4.06. The largest absolute Gasteiger partial charge is 0.349 e. The summed E-state index contributed by atoms with van der Waals surface area (Å²) in [4.78, 5) is 23.9. The van der Waals surface area contributed by atoms with Crippen LogP contribution in [0.5, 0.6) is 0 Å². The minimum absolute atomic E-state index is 0.120. The SMILES string of the molecule is CC(=O)NC(CC(=O)Nc1c(C)nn(C)c1C)c1ccc(Cl)cc1. The van der Waals surface area contributed by atoms with Gasteiger partial charge < -0.3 is 10.6 Å². The number of nitrogens with one attached hydrogen (secondary N) is 2. The highest BCUT2D eigenvalue weighted by molar-refractivity contribution is 6.30. The summed E-state index contributed by atoms with van der Waals surface area (Å²) in [5, 5.41) is 10.6. The van der Waals surface area contributed by atoms with Crippen molar-refractivity contribution in [3.8, 4) is 0 Å². The summed E-state index contributed by atoms with van der Waals surface area (Å²) < 4.78 is 1.72. The second-order valence-corrected chi connectivity index (χ2v) is 6.16. The van der Waals surface area contributed by atoms with E-state index in [0.29, 0.717) is 10.7 Å². The first kappa shape index (κ1) is 18.0. The fraction of sp³-hybridized carbons (Fsp3) is 0.353. The Morgan fingerprint density at radius 2 is 1.88 bits per heavy atom. The molecule has 1 unspecified atom stereocenters. The molecule has 2 aromatic rings. The van der Waals surface area contributed by atoms with Crippen LogP contribution in [-0.2, 0) is 16.6 Å². The molecule has 1 atom stereocenters. The van der Waals surface area contributed by atoms with E-state index in [-0.39, 0.29) is 18.2 Å². The number of carbonyl (C=O) groups excluding carboxylic acids is 2. The molecule has 7 heteroatoms. The molecule has 2 amide bonds. The molecule has 1 aromatic heterocycles. The summed E-state index contributed by atoms with van der Waals surface area (Å²) in [6.07, 6.45) is 0.120. The number of benzene rings is 1. The maximum atomic E-state index is 12.4. The number of amides is 2. The quantitative estimate of drug-likeness (QED) is 0.872. The van der Waals surface area contributed by atoms with Gasteiger partial charge in [0.1, 0.15) is 0 Å². The highest BCUT2D eigenvalue weighted by Crippen LogP contribution is 2.22. The molecule has 0 saturated carbocycles. The van der Waals surface area contributed by atoms with E-state index in [0.717, 1.165) is 17.0 Å². The van der Waals surface area contributed by atoms with Crippen molar-refractivity contribution in [2.45, 2.75) is 33.2 Å². The van der Waals surface area contributed by atoms with Crippen molar-refractivity contribution in [2.75, 3.05) is 5.32 Å². The Bertz CT molecular complexity index is 753. The first-order valence-electron chi connectivity index (χ1n) is 7.60. The first-order valence-corrected chi connectivity index (χ1v) is 7.98. The van der Waals surface area contributed by atoms with Crippen LogP contribution in [0.4, 0.5) is 5.69 Å². The van der Waals surface area contributed by atoms with Crippen LogP contribution in [0.1, 0.15) is 36.3 Å². The fourth-order valence-electron chi connectivity index (χ4n) is 2.52. The van der Waals surface area contributed by atoms with Crippen molar-refractivity contribution in [2.24, 2.45) is 7.05 Å². The molecule has 1 heterocycles. The Morgan fingerprint density at radius 3 is 2.38 bits per heavy atom. The van der Waals surface area contributed by atoms with E-state index in [2.05, 4.69) is 15.7 Å². The molecule has 0 aliphatic rings. The van der Waals surface area contributed by atoms with Crippen molar-refractivity contribution >= 4 is 29.1 Å². The molecule has 6 nitrogen and oxygen atoms in total. The average Bonchev–Trinajstić information content (AvgIpc) is 2.73. The molecule has 0 aliphatic heterocycles. The van der Waals surface area contributed by atoms with Gasteiger partial charge in [-0.25, -0.2) is 0 Å². The number of aryl methyl sites for hydroxylation is 2. The van der Waals surface area contributed by atoms with Gasteiger partial charge >= 0.3 is 0 Å². The van der Waals surface area contributed by atoms with Gasteiger partial charge in [-0.05, 0) is 31.5 Å². The van der Waals surface area contributed by atoms with Gasteiger partial charge in [-0.2, -0.15) is 5.10 Å². The molecular formula is C17H21ClN4O2. The van der Waals surface area contributed by atoms with Gasteiger partial charge in [-0.3, -0.25) is 14.3 Å². The number of nitrogens with zero attached hydrogens (tertiary/aromatic N) is 2.